The fraction of sp³-hybridized carbons (Fsp3) is 0.938. The summed E-state index contributed by atoms with van der Waals surface area (Å²) in [5, 5.41) is 3.41. The molecular formula is C16H29N3O. The van der Waals surface area contributed by atoms with Crippen molar-refractivity contribution in [3.63, 3.8) is 0 Å². The van der Waals surface area contributed by atoms with Crippen LogP contribution < -0.4 is 5.32 Å². The van der Waals surface area contributed by atoms with E-state index in [9.17, 15) is 4.79 Å². The van der Waals surface area contributed by atoms with Gasteiger partial charge in [-0.1, -0.05) is 6.92 Å². The number of hydrogen-bond acceptors (Lipinski definition) is 3. The third-order valence-electron chi connectivity index (χ3n) is 5.42. The summed E-state index contributed by atoms with van der Waals surface area (Å²) in [6.45, 7) is 8.62. The van der Waals surface area contributed by atoms with E-state index in [1.807, 2.05) is 0 Å². The highest BCUT2D eigenvalue weighted by molar-refractivity contribution is 5.76. The summed E-state index contributed by atoms with van der Waals surface area (Å²) in [6.07, 6.45) is 5.99. The Kier molecular flexibility index (Phi) is 4.61. The van der Waals surface area contributed by atoms with Gasteiger partial charge >= 0.3 is 0 Å². The topological polar surface area (TPSA) is 35.6 Å². The first-order chi connectivity index (χ1) is 9.74. The maximum atomic E-state index is 12.4. The lowest BCUT2D eigenvalue weighted by Gasteiger charge is -2.36. The number of carbonyl (C=O) groups excluding carboxylic acids is 1. The van der Waals surface area contributed by atoms with Crippen molar-refractivity contribution in [1.82, 2.24) is 15.1 Å². The number of nitrogens with one attached hydrogen (secondary N) is 1. The molecule has 2 saturated heterocycles. The minimum Gasteiger partial charge on any atom is -0.340 e. The highest BCUT2D eigenvalue weighted by Gasteiger charge is 2.32. The molecule has 20 heavy (non-hydrogen) atoms. The van der Waals surface area contributed by atoms with Crippen molar-refractivity contribution in [2.45, 2.75) is 45.1 Å². The standard InChI is InChI=1S/C16H29N3O/c1-13(14-4-6-17-7-5-14)12-16(20)19-10-8-18(9-11-19)15-2-3-15/h13-15,17H,2-12H2,1H3. The van der Waals surface area contributed by atoms with Gasteiger partial charge in [0.2, 0.25) is 5.91 Å². The van der Waals surface area contributed by atoms with Gasteiger partial charge in [-0.25, -0.2) is 0 Å². The molecule has 2 aliphatic heterocycles. The second-order valence-corrected chi connectivity index (χ2v) is 6.92. The lowest BCUT2D eigenvalue weighted by molar-refractivity contribution is -0.134. The lowest BCUT2D eigenvalue weighted by atomic mass is 9.84. The van der Waals surface area contributed by atoms with Crippen LogP contribution in [0.3, 0.4) is 0 Å². The van der Waals surface area contributed by atoms with Crippen LogP contribution in [-0.4, -0.2) is 61.0 Å². The summed E-state index contributed by atoms with van der Waals surface area (Å²) in [7, 11) is 0. The quantitative estimate of drug-likeness (QED) is 0.843. The molecule has 0 bridgehead atoms. The Bertz CT molecular complexity index is 329. The van der Waals surface area contributed by atoms with Gasteiger partial charge in [-0.05, 0) is 50.6 Å². The molecule has 0 radical (unpaired) electrons. The summed E-state index contributed by atoms with van der Waals surface area (Å²) in [4.78, 5) is 17.1. The predicted molar refractivity (Wildman–Crippen MR) is 80.5 cm³/mol. The van der Waals surface area contributed by atoms with E-state index < -0.39 is 0 Å². The van der Waals surface area contributed by atoms with Crippen LogP contribution in [0.1, 0.15) is 39.0 Å². The summed E-state index contributed by atoms with van der Waals surface area (Å²) in [5.74, 6) is 1.69. The smallest absolute Gasteiger partial charge is 0.222 e. The van der Waals surface area contributed by atoms with E-state index >= 15 is 0 Å². The summed E-state index contributed by atoms with van der Waals surface area (Å²) >= 11 is 0. The molecular weight excluding hydrogens is 250 g/mol. The van der Waals surface area contributed by atoms with Crippen LogP contribution in [0.2, 0.25) is 0 Å². The van der Waals surface area contributed by atoms with Crippen molar-refractivity contribution >= 4 is 5.91 Å². The van der Waals surface area contributed by atoms with E-state index in [4.69, 9.17) is 0 Å². The van der Waals surface area contributed by atoms with Gasteiger partial charge in [0.15, 0.2) is 0 Å². The van der Waals surface area contributed by atoms with Crippen LogP contribution in [0.5, 0.6) is 0 Å². The number of rotatable bonds is 4. The summed E-state index contributed by atoms with van der Waals surface area (Å²) in [5.41, 5.74) is 0. The average molecular weight is 279 g/mol. The molecule has 1 atom stereocenters. The average Bonchev–Trinajstić information content (AvgIpc) is 3.33. The Morgan fingerprint density at radius 2 is 1.75 bits per heavy atom. The van der Waals surface area contributed by atoms with Crippen molar-refractivity contribution < 1.29 is 4.79 Å². The molecule has 1 aliphatic carbocycles. The first-order valence-electron chi connectivity index (χ1n) is 8.46. The molecule has 114 valence electrons. The number of carbonyl (C=O) groups is 1. The summed E-state index contributed by atoms with van der Waals surface area (Å²) < 4.78 is 0. The van der Waals surface area contributed by atoms with Crippen LogP contribution in [0.15, 0.2) is 0 Å². The van der Waals surface area contributed by atoms with Crippen molar-refractivity contribution in [1.29, 1.82) is 0 Å². The highest BCUT2D eigenvalue weighted by atomic mass is 16.2. The van der Waals surface area contributed by atoms with Gasteiger partial charge in [0.25, 0.3) is 0 Å². The highest BCUT2D eigenvalue weighted by Crippen LogP contribution is 2.28. The molecule has 0 spiro atoms. The van der Waals surface area contributed by atoms with Crippen LogP contribution in [0.25, 0.3) is 0 Å². The fourth-order valence-corrected chi connectivity index (χ4v) is 3.76. The van der Waals surface area contributed by atoms with E-state index in [0.717, 1.165) is 57.6 Å². The normalized spacial score (nSPS) is 27.6. The zero-order valence-corrected chi connectivity index (χ0v) is 12.8. The molecule has 1 amide bonds. The lowest BCUT2D eigenvalue weighted by Crippen LogP contribution is -2.49. The largest absolute Gasteiger partial charge is 0.340 e. The number of nitrogens with zero attached hydrogens (tertiary/aromatic N) is 2. The zero-order chi connectivity index (χ0) is 13.9. The molecule has 3 rings (SSSR count). The van der Waals surface area contributed by atoms with Crippen LogP contribution >= 0.6 is 0 Å². The van der Waals surface area contributed by atoms with Crippen molar-refractivity contribution in [3.05, 3.63) is 0 Å². The van der Waals surface area contributed by atoms with Crippen LogP contribution in [-0.2, 0) is 4.79 Å². The second kappa shape index (κ2) is 6.44. The molecule has 4 nitrogen and oxygen atoms in total. The van der Waals surface area contributed by atoms with Crippen molar-refractivity contribution in [2.75, 3.05) is 39.3 Å². The molecule has 0 aromatic carbocycles. The van der Waals surface area contributed by atoms with Gasteiger partial charge in [0, 0.05) is 38.6 Å². The van der Waals surface area contributed by atoms with Crippen LogP contribution in [0.4, 0.5) is 0 Å². The Balaban J connectivity index is 1.41. The van der Waals surface area contributed by atoms with Gasteiger partial charge in [-0.15, -0.1) is 0 Å². The summed E-state index contributed by atoms with van der Waals surface area (Å²) in [6, 6.07) is 0.848. The first kappa shape index (κ1) is 14.3. The SMILES string of the molecule is CC(CC(=O)N1CCN(C2CC2)CC1)C1CCNCC1. The Labute approximate surface area is 122 Å². The molecule has 3 fully saturated rings. The van der Waals surface area contributed by atoms with Gasteiger partial charge in [0.1, 0.15) is 0 Å². The fourth-order valence-electron chi connectivity index (χ4n) is 3.76. The second-order valence-electron chi connectivity index (χ2n) is 6.92. The zero-order valence-electron chi connectivity index (χ0n) is 12.8. The molecule has 0 aromatic rings. The number of piperidine rings is 1. The molecule has 2 heterocycles. The van der Waals surface area contributed by atoms with E-state index in [2.05, 4.69) is 22.0 Å². The van der Waals surface area contributed by atoms with E-state index in [-0.39, 0.29) is 0 Å². The molecule has 3 aliphatic rings. The van der Waals surface area contributed by atoms with Crippen LogP contribution in [0, 0.1) is 11.8 Å². The Hall–Kier alpha value is -0.610. The van der Waals surface area contributed by atoms with E-state index in [0.29, 0.717) is 11.8 Å². The number of amides is 1. The minimum absolute atomic E-state index is 0.395. The number of piperazine rings is 1. The van der Waals surface area contributed by atoms with Gasteiger partial charge in [0.05, 0.1) is 0 Å². The first-order valence-corrected chi connectivity index (χ1v) is 8.46. The maximum absolute atomic E-state index is 12.4. The number of hydrogen-bond donors (Lipinski definition) is 1. The van der Waals surface area contributed by atoms with E-state index in [1.165, 1.54) is 25.7 Å². The molecule has 4 heteroatoms. The van der Waals surface area contributed by atoms with Gasteiger partial charge in [-0.2, -0.15) is 0 Å². The maximum Gasteiger partial charge on any atom is 0.222 e. The molecule has 1 unspecified atom stereocenters. The Morgan fingerprint density at radius 1 is 1.10 bits per heavy atom. The molecule has 1 saturated carbocycles. The third-order valence-corrected chi connectivity index (χ3v) is 5.42. The monoisotopic (exact) mass is 279 g/mol. The van der Waals surface area contributed by atoms with Crippen molar-refractivity contribution in [2.24, 2.45) is 11.8 Å². The third kappa shape index (κ3) is 3.53. The Morgan fingerprint density at radius 3 is 2.35 bits per heavy atom. The van der Waals surface area contributed by atoms with Gasteiger partial charge in [-0.3, -0.25) is 9.69 Å². The molecule has 1 N–H and O–H groups in total. The molecule has 0 aromatic heterocycles. The van der Waals surface area contributed by atoms with E-state index in [1.54, 1.807) is 0 Å². The van der Waals surface area contributed by atoms with Crippen molar-refractivity contribution in [3.8, 4) is 0 Å². The minimum atomic E-state index is 0.395. The van der Waals surface area contributed by atoms with Gasteiger partial charge < -0.3 is 10.2 Å². The predicted octanol–water partition coefficient (Wildman–Crippen LogP) is 1.32.